The Kier molecular flexibility index (Phi) is 6.11. The lowest BCUT2D eigenvalue weighted by atomic mass is 9.92. The highest BCUT2D eigenvalue weighted by atomic mass is 19.1. The number of hydrogen-bond donors (Lipinski definition) is 1. The van der Waals surface area contributed by atoms with E-state index in [0.717, 1.165) is 47.6 Å². The van der Waals surface area contributed by atoms with Gasteiger partial charge < -0.3 is 15.4 Å². The van der Waals surface area contributed by atoms with Crippen molar-refractivity contribution in [2.45, 2.75) is 52.2 Å². The average Bonchev–Trinajstić information content (AvgIpc) is 3.62. The summed E-state index contributed by atoms with van der Waals surface area (Å²) in [5.74, 6) is 0.694. The molecule has 1 aliphatic carbocycles. The predicted molar refractivity (Wildman–Crippen MR) is 133 cm³/mol. The highest BCUT2D eigenvalue weighted by Crippen LogP contribution is 2.54. The standard InChI is InChI=1S/C29H33FN2O/c1-2-23-5-3-4-6-28(23)33-20-22-15-24(26-17-21(19-31)7-8-27(26)30)18-25(16-22)32-13-11-29(9-10-29)12-14-32/h3-8,15-18H,2,9-14,19-20,31H2,1H3. The summed E-state index contributed by atoms with van der Waals surface area (Å²) >= 11 is 0. The van der Waals surface area contributed by atoms with Crippen molar-refractivity contribution in [1.82, 2.24) is 0 Å². The molecule has 0 unspecified atom stereocenters. The van der Waals surface area contributed by atoms with Crippen molar-refractivity contribution in [3.8, 4) is 16.9 Å². The highest BCUT2D eigenvalue weighted by Gasteiger charge is 2.44. The van der Waals surface area contributed by atoms with Crippen LogP contribution in [0.25, 0.3) is 11.1 Å². The Morgan fingerprint density at radius 1 is 0.939 bits per heavy atom. The minimum Gasteiger partial charge on any atom is -0.489 e. The summed E-state index contributed by atoms with van der Waals surface area (Å²) in [5, 5.41) is 0. The van der Waals surface area contributed by atoms with Gasteiger partial charge in [-0.1, -0.05) is 31.2 Å². The quantitative estimate of drug-likeness (QED) is 0.454. The molecule has 1 heterocycles. The normalized spacial score (nSPS) is 16.8. The predicted octanol–water partition coefficient (Wildman–Crippen LogP) is 6.47. The number of nitrogens with zero attached hydrogens (tertiary/aromatic N) is 1. The Balaban J connectivity index is 1.47. The number of ether oxygens (including phenoxy) is 1. The molecule has 1 saturated heterocycles. The number of para-hydroxylation sites is 1. The molecule has 1 aliphatic heterocycles. The van der Waals surface area contributed by atoms with Crippen molar-refractivity contribution >= 4 is 5.69 Å². The molecule has 3 aromatic carbocycles. The van der Waals surface area contributed by atoms with Crippen LogP contribution in [-0.2, 0) is 19.6 Å². The molecular formula is C29H33FN2O. The lowest BCUT2D eigenvalue weighted by Crippen LogP contribution is -2.34. The Labute approximate surface area is 196 Å². The van der Waals surface area contributed by atoms with E-state index in [4.69, 9.17) is 10.5 Å². The molecule has 2 fully saturated rings. The molecular weight excluding hydrogens is 411 g/mol. The average molecular weight is 445 g/mol. The minimum absolute atomic E-state index is 0.219. The van der Waals surface area contributed by atoms with E-state index in [2.05, 4.69) is 36.1 Å². The summed E-state index contributed by atoms with van der Waals surface area (Å²) in [6, 6.07) is 19.7. The van der Waals surface area contributed by atoms with Gasteiger partial charge in [-0.25, -0.2) is 4.39 Å². The van der Waals surface area contributed by atoms with Crippen LogP contribution in [0, 0.1) is 11.2 Å². The zero-order valence-corrected chi connectivity index (χ0v) is 19.4. The van der Waals surface area contributed by atoms with Gasteiger partial charge in [0.25, 0.3) is 0 Å². The van der Waals surface area contributed by atoms with Crippen LogP contribution in [0.5, 0.6) is 5.75 Å². The molecule has 2 N–H and O–H groups in total. The van der Waals surface area contributed by atoms with Crippen molar-refractivity contribution < 1.29 is 9.13 Å². The first-order valence-electron chi connectivity index (χ1n) is 12.2. The molecule has 172 valence electrons. The SMILES string of the molecule is CCc1ccccc1OCc1cc(-c2cc(CN)ccc2F)cc(N2CCC3(CC2)CC3)c1. The Hall–Kier alpha value is -2.85. The molecule has 0 amide bonds. The third-order valence-electron chi connectivity index (χ3n) is 7.45. The van der Waals surface area contributed by atoms with Crippen LogP contribution >= 0.6 is 0 Å². The third-order valence-corrected chi connectivity index (χ3v) is 7.45. The zero-order chi connectivity index (χ0) is 22.8. The van der Waals surface area contributed by atoms with E-state index in [1.165, 1.54) is 37.3 Å². The molecule has 5 rings (SSSR count). The number of hydrogen-bond acceptors (Lipinski definition) is 3. The first-order valence-corrected chi connectivity index (χ1v) is 12.2. The number of anilines is 1. The van der Waals surface area contributed by atoms with Gasteiger partial charge in [0.1, 0.15) is 18.2 Å². The molecule has 1 spiro atoms. The first-order chi connectivity index (χ1) is 16.1. The van der Waals surface area contributed by atoms with Crippen LogP contribution in [-0.4, -0.2) is 13.1 Å². The number of benzene rings is 3. The molecule has 4 heteroatoms. The van der Waals surface area contributed by atoms with Crippen molar-refractivity contribution in [2.75, 3.05) is 18.0 Å². The van der Waals surface area contributed by atoms with Crippen LogP contribution in [0.15, 0.2) is 60.7 Å². The topological polar surface area (TPSA) is 38.5 Å². The van der Waals surface area contributed by atoms with Gasteiger partial charge >= 0.3 is 0 Å². The fraction of sp³-hybridized carbons (Fsp3) is 0.379. The van der Waals surface area contributed by atoms with E-state index >= 15 is 0 Å². The number of piperidine rings is 1. The lowest BCUT2D eigenvalue weighted by Gasteiger charge is -2.34. The maximum atomic E-state index is 14.9. The number of rotatable bonds is 7. The van der Waals surface area contributed by atoms with Gasteiger partial charge in [-0.2, -0.15) is 0 Å². The van der Waals surface area contributed by atoms with Crippen LogP contribution in [0.3, 0.4) is 0 Å². The van der Waals surface area contributed by atoms with Crippen LogP contribution in [0.4, 0.5) is 10.1 Å². The Morgan fingerprint density at radius 2 is 1.73 bits per heavy atom. The van der Waals surface area contributed by atoms with Crippen LogP contribution < -0.4 is 15.4 Å². The molecule has 0 radical (unpaired) electrons. The number of aryl methyl sites for hydroxylation is 1. The fourth-order valence-corrected chi connectivity index (χ4v) is 5.03. The lowest BCUT2D eigenvalue weighted by molar-refractivity contribution is 0.303. The molecule has 0 atom stereocenters. The van der Waals surface area contributed by atoms with Crippen LogP contribution in [0.2, 0.25) is 0 Å². The van der Waals surface area contributed by atoms with Gasteiger partial charge in [0.15, 0.2) is 0 Å². The largest absolute Gasteiger partial charge is 0.489 e. The van der Waals surface area contributed by atoms with Crippen molar-refractivity contribution in [1.29, 1.82) is 0 Å². The molecule has 3 aromatic rings. The minimum atomic E-state index is -0.219. The van der Waals surface area contributed by atoms with Gasteiger partial charge in [-0.15, -0.1) is 0 Å². The monoisotopic (exact) mass is 444 g/mol. The second-order valence-corrected chi connectivity index (χ2v) is 9.64. The molecule has 1 saturated carbocycles. The van der Waals surface area contributed by atoms with Gasteiger partial charge in [0.2, 0.25) is 0 Å². The van der Waals surface area contributed by atoms with Gasteiger partial charge in [-0.05, 0) is 96.2 Å². The van der Waals surface area contributed by atoms with Crippen molar-refractivity contribution in [3.63, 3.8) is 0 Å². The van der Waals surface area contributed by atoms with E-state index in [-0.39, 0.29) is 5.82 Å². The number of nitrogens with two attached hydrogens (primary N) is 1. The van der Waals surface area contributed by atoms with Gasteiger partial charge in [-0.3, -0.25) is 0 Å². The molecule has 2 aliphatic rings. The third kappa shape index (κ3) is 4.77. The van der Waals surface area contributed by atoms with Crippen LogP contribution in [0.1, 0.15) is 49.3 Å². The van der Waals surface area contributed by atoms with Gasteiger partial charge in [0, 0.05) is 30.9 Å². The maximum absolute atomic E-state index is 14.9. The molecule has 3 nitrogen and oxygen atoms in total. The summed E-state index contributed by atoms with van der Waals surface area (Å²) in [4.78, 5) is 2.46. The second-order valence-electron chi connectivity index (χ2n) is 9.64. The number of halogens is 1. The Morgan fingerprint density at radius 3 is 2.45 bits per heavy atom. The van der Waals surface area contributed by atoms with E-state index in [0.29, 0.717) is 24.1 Å². The van der Waals surface area contributed by atoms with Crippen molar-refractivity contribution in [3.05, 3.63) is 83.2 Å². The molecule has 33 heavy (non-hydrogen) atoms. The molecule has 0 aromatic heterocycles. The van der Waals surface area contributed by atoms with E-state index in [1.54, 1.807) is 6.07 Å². The summed E-state index contributed by atoms with van der Waals surface area (Å²) < 4.78 is 21.1. The summed E-state index contributed by atoms with van der Waals surface area (Å²) in [6.45, 7) is 5.11. The van der Waals surface area contributed by atoms with E-state index in [1.807, 2.05) is 24.3 Å². The Bertz CT molecular complexity index is 1130. The van der Waals surface area contributed by atoms with Gasteiger partial charge in [0.05, 0.1) is 0 Å². The summed E-state index contributed by atoms with van der Waals surface area (Å²) in [6.07, 6.45) is 6.20. The first kappa shape index (κ1) is 22.0. The summed E-state index contributed by atoms with van der Waals surface area (Å²) in [5.41, 5.74) is 12.3. The summed E-state index contributed by atoms with van der Waals surface area (Å²) in [7, 11) is 0. The zero-order valence-electron chi connectivity index (χ0n) is 19.4. The highest BCUT2D eigenvalue weighted by molar-refractivity contribution is 5.71. The maximum Gasteiger partial charge on any atom is 0.131 e. The van der Waals surface area contributed by atoms with E-state index in [9.17, 15) is 4.39 Å². The van der Waals surface area contributed by atoms with E-state index < -0.39 is 0 Å². The smallest absolute Gasteiger partial charge is 0.131 e. The van der Waals surface area contributed by atoms with Crippen molar-refractivity contribution in [2.24, 2.45) is 11.1 Å². The second kappa shape index (κ2) is 9.18. The fourth-order valence-electron chi connectivity index (χ4n) is 5.03. The molecule has 0 bridgehead atoms.